The summed E-state index contributed by atoms with van der Waals surface area (Å²) in [6.45, 7) is 0.370. The molecule has 0 aliphatic rings. The molecular formula is C15H14Cl2N2O2. The molecule has 0 spiro atoms. The molecule has 0 heterocycles. The Kier molecular flexibility index (Phi) is 6.02. The third-order valence-corrected chi connectivity index (χ3v) is 3.27. The van der Waals surface area contributed by atoms with Gasteiger partial charge >= 0.3 is 0 Å². The van der Waals surface area contributed by atoms with Crippen LogP contribution in [0.1, 0.15) is 5.56 Å². The van der Waals surface area contributed by atoms with Crippen LogP contribution in [0.25, 0.3) is 0 Å². The van der Waals surface area contributed by atoms with E-state index in [-0.39, 0.29) is 12.5 Å². The summed E-state index contributed by atoms with van der Waals surface area (Å²) >= 11 is 11.9. The number of halogens is 2. The number of nitrogens with one attached hydrogen (secondary N) is 2. The molecule has 0 saturated carbocycles. The van der Waals surface area contributed by atoms with Crippen LogP contribution in [-0.4, -0.2) is 12.5 Å². The lowest BCUT2D eigenvalue weighted by Crippen LogP contribution is -2.28. The lowest BCUT2D eigenvalue weighted by atomic mass is 10.2. The molecule has 0 aliphatic heterocycles. The quantitative estimate of drug-likeness (QED) is 0.630. The molecule has 0 unspecified atom stereocenters. The van der Waals surface area contributed by atoms with E-state index in [1.807, 2.05) is 30.3 Å². The van der Waals surface area contributed by atoms with Crippen molar-refractivity contribution in [2.45, 2.75) is 6.61 Å². The average Bonchev–Trinajstić information content (AvgIpc) is 2.49. The van der Waals surface area contributed by atoms with E-state index in [4.69, 9.17) is 28.0 Å². The first-order valence-corrected chi connectivity index (χ1v) is 7.05. The summed E-state index contributed by atoms with van der Waals surface area (Å²) in [6, 6.07) is 14.7. The summed E-state index contributed by atoms with van der Waals surface area (Å²) in [7, 11) is 0. The van der Waals surface area contributed by atoms with Crippen molar-refractivity contribution in [3.8, 4) is 0 Å². The van der Waals surface area contributed by atoms with Crippen LogP contribution in [0.3, 0.4) is 0 Å². The van der Waals surface area contributed by atoms with Gasteiger partial charge in [0.1, 0.15) is 6.54 Å². The zero-order valence-electron chi connectivity index (χ0n) is 11.1. The van der Waals surface area contributed by atoms with E-state index in [0.717, 1.165) is 5.56 Å². The molecule has 110 valence electrons. The zero-order valence-corrected chi connectivity index (χ0v) is 12.6. The predicted octanol–water partition coefficient (Wildman–Crippen LogP) is 3.65. The number of benzene rings is 2. The summed E-state index contributed by atoms with van der Waals surface area (Å²) in [4.78, 5) is 17.0. The predicted molar refractivity (Wildman–Crippen MR) is 84.3 cm³/mol. The van der Waals surface area contributed by atoms with Gasteiger partial charge in [0.15, 0.2) is 0 Å². The number of rotatable bonds is 6. The first kappa shape index (κ1) is 15.8. The molecule has 2 N–H and O–H groups in total. The number of amides is 1. The van der Waals surface area contributed by atoms with Crippen LogP contribution in [0.4, 0.5) is 5.69 Å². The van der Waals surface area contributed by atoms with Crippen molar-refractivity contribution >= 4 is 34.8 Å². The Morgan fingerprint density at radius 1 is 1.00 bits per heavy atom. The standard InChI is InChI=1S/C15H14Cl2N2O2/c16-12-7-4-8-13(17)15(12)19-14(20)9-18-21-10-11-5-2-1-3-6-11/h1-8,18H,9-10H2,(H,19,20). The fraction of sp³-hybridized carbons (Fsp3) is 0.133. The van der Waals surface area contributed by atoms with E-state index < -0.39 is 0 Å². The summed E-state index contributed by atoms with van der Waals surface area (Å²) < 4.78 is 0. The highest BCUT2D eigenvalue weighted by Gasteiger charge is 2.09. The van der Waals surface area contributed by atoms with Gasteiger partial charge in [0.05, 0.1) is 22.3 Å². The van der Waals surface area contributed by atoms with Crippen LogP contribution in [0.2, 0.25) is 10.0 Å². The average molecular weight is 325 g/mol. The zero-order chi connectivity index (χ0) is 15.1. The highest BCUT2D eigenvalue weighted by molar-refractivity contribution is 6.39. The van der Waals surface area contributed by atoms with Crippen LogP contribution in [-0.2, 0) is 16.2 Å². The van der Waals surface area contributed by atoms with Gasteiger partial charge in [-0.05, 0) is 17.7 Å². The van der Waals surface area contributed by atoms with Crippen molar-refractivity contribution in [1.29, 1.82) is 0 Å². The minimum absolute atomic E-state index is 0.00557. The Morgan fingerprint density at radius 3 is 2.33 bits per heavy atom. The highest BCUT2D eigenvalue weighted by Crippen LogP contribution is 2.29. The monoisotopic (exact) mass is 324 g/mol. The van der Waals surface area contributed by atoms with E-state index in [0.29, 0.717) is 22.3 Å². The lowest BCUT2D eigenvalue weighted by molar-refractivity contribution is -0.118. The maximum absolute atomic E-state index is 11.8. The molecule has 2 rings (SSSR count). The second-order valence-corrected chi connectivity index (χ2v) is 5.05. The molecule has 21 heavy (non-hydrogen) atoms. The van der Waals surface area contributed by atoms with Gasteiger partial charge in [-0.15, -0.1) is 0 Å². The second-order valence-electron chi connectivity index (χ2n) is 4.24. The van der Waals surface area contributed by atoms with Crippen molar-refractivity contribution in [2.75, 3.05) is 11.9 Å². The third kappa shape index (κ3) is 5.02. The molecule has 0 fully saturated rings. The first-order valence-electron chi connectivity index (χ1n) is 6.29. The largest absolute Gasteiger partial charge is 0.322 e. The molecule has 2 aromatic carbocycles. The Balaban J connectivity index is 1.75. The van der Waals surface area contributed by atoms with Crippen LogP contribution in [0.5, 0.6) is 0 Å². The van der Waals surface area contributed by atoms with Gasteiger partial charge in [0.25, 0.3) is 0 Å². The summed E-state index contributed by atoms with van der Waals surface area (Å²) in [5.41, 5.74) is 4.01. The van der Waals surface area contributed by atoms with Crippen molar-refractivity contribution < 1.29 is 9.63 Å². The van der Waals surface area contributed by atoms with Crippen molar-refractivity contribution in [3.05, 3.63) is 64.1 Å². The Hall–Kier alpha value is -1.59. The van der Waals surface area contributed by atoms with Crippen LogP contribution < -0.4 is 10.8 Å². The summed E-state index contributed by atoms with van der Waals surface area (Å²) in [5, 5.41) is 3.41. The normalized spacial score (nSPS) is 10.4. The number of carbonyl (C=O) groups is 1. The molecule has 0 atom stereocenters. The fourth-order valence-corrected chi connectivity index (χ4v) is 2.12. The first-order chi connectivity index (χ1) is 10.2. The molecule has 0 radical (unpaired) electrons. The van der Waals surface area contributed by atoms with E-state index in [9.17, 15) is 4.79 Å². The number of anilines is 1. The van der Waals surface area contributed by atoms with Gasteiger partial charge in [-0.25, -0.2) is 0 Å². The molecule has 1 amide bonds. The number of para-hydroxylation sites is 1. The van der Waals surface area contributed by atoms with Gasteiger partial charge in [0, 0.05) is 0 Å². The highest BCUT2D eigenvalue weighted by atomic mass is 35.5. The fourth-order valence-electron chi connectivity index (χ4n) is 1.63. The van der Waals surface area contributed by atoms with Gasteiger partial charge in [-0.2, -0.15) is 5.48 Å². The van der Waals surface area contributed by atoms with Gasteiger partial charge in [-0.3, -0.25) is 9.63 Å². The molecule has 4 nitrogen and oxygen atoms in total. The molecule has 6 heteroatoms. The topological polar surface area (TPSA) is 50.4 Å². The number of carbonyl (C=O) groups excluding carboxylic acids is 1. The third-order valence-electron chi connectivity index (χ3n) is 2.64. The van der Waals surface area contributed by atoms with Gasteiger partial charge in [0.2, 0.25) is 5.91 Å². The van der Waals surface area contributed by atoms with Crippen LogP contribution >= 0.6 is 23.2 Å². The van der Waals surface area contributed by atoms with E-state index in [2.05, 4.69) is 10.8 Å². The maximum atomic E-state index is 11.8. The smallest absolute Gasteiger partial charge is 0.240 e. The van der Waals surface area contributed by atoms with Crippen molar-refractivity contribution in [3.63, 3.8) is 0 Å². The molecular weight excluding hydrogens is 311 g/mol. The van der Waals surface area contributed by atoms with E-state index >= 15 is 0 Å². The number of hydrogen-bond acceptors (Lipinski definition) is 3. The Bertz CT molecular complexity index is 586. The molecule has 0 bridgehead atoms. The Labute approximate surface area is 133 Å². The summed E-state index contributed by atoms with van der Waals surface area (Å²) in [6.07, 6.45) is 0. The molecule has 0 saturated heterocycles. The van der Waals surface area contributed by atoms with Gasteiger partial charge < -0.3 is 5.32 Å². The van der Waals surface area contributed by atoms with Crippen molar-refractivity contribution in [1.82, 2.24) is 5.48 Å². The van der Waals surface area contributed by atoms with Crippen molar-refractivity contribution in [2.24, 2.45) is 0 Å². The van der Waals surface area contributed by atoms with E-state index in [1.54, 1.807) is 18.2 Å². The molecule has 2 aromatic rings. The van der Waals surface area contributed by atoms with Gasteiger partial charge in [-0.1, -0.05) is 59.6 Å². The Morgan fingerprint density at radius 2 is 1.67 bits per heavy atom. The minimum Gasteiger partial charge on any atom is -0.322 e. The second kappa shape index (κ2) is 8.00. The number of hydroxylamine groups is 1. The molecule has 0 aromatic heterocycles. The maximum Gasteiger partial charge on any atom is 0.240 e. The van der Waals surface area contributed by atoms with E-state index in [1.165, 1.54) is 0 Å². The SMILES string of the molecule is O=C(CNOCc1ccccc1)Nc1c(Cl)cccc1Cl. The lowest BCUT2D eigenvalue weighted by Gasteiger charge is -2.10. The van der Waals surface area contributed by atoms with Crippen LogP contribution in [0, 0.1) is 0 Å². The van der Waals surface area contributed by atoms with Crippen LogP contribution in [0.15, 0.2) is 48.5 Å². The molecule has 0 aliphatic carbocycles. The number of hydrogen-bond donors (Lipinski definition) is 2. The minimum atomic E-state index is -0.293. The summed E-state index contributed by atoms with van der Waals surface area (Å²) in [5.74, 6) is -0.293.